The minimum Gasteiger partial charge on any atom is -0.434 e. The summed E-state index contributed by atoms with van der Waals surface area (Å²) in [5, 5.41) is 15.2. The number of hydrogen-bond acceptors (Lipinski definition) is 6. The minimum absolute atomic E-state index is 0.0555. The molecule has 3 aromatic rings. The molecule has 138 valence electrons. The van der Waals surface area contributed by atoms with Crippen molar-refractivity contribution in [3.8, 4) is 11.6 Å². The lowest BCUT2D eigenvalue weighted by atomic mass is 10.1. The van der Waals surface area contributed by atoms with E-state index < -0.39 is 4.92 Å². The van der Waals surface area contributed by atoms with E-state index in [0.717, 1.165) is 12.0 Å². The molecule has 7 nitrogen and oxygen atoms in total. The molecular weight excluding hydrogens is 368 g/mol. The molecular formula is C19H17ClN4O3. The Hall–Kier alpha value is -3.19. The maximum absolute atomic E-state index is 11.6. The molecule has 0 aliphatic carbocycles. The van der Waals surface area contributed by atoms with Gasteiger partial charge in [-0.25, -0.2) is 4.98 Å². The van der Waals surface area contributed by atoms with Crippen molar-refractivity contribution in [1.29, 1.82) is 0 Å². The van der Waals surface area contributed by atoms with Crippen LogP contribution in [0.3, 0.4) is 0 Å². The number of anilines is 2. The van der Waals surface area contributed by atoms with Crippen LogP contribution < -0.4 is 10.1 Å². The summed E-state index contributed by atoms with van der Waals surface area (Å²) < 4.78 is 5.63. The van der Waals surface area contributed by atoms with Gasteiger partial charge in [0, 0.05) is 10.7 Å². The number of aromatic nitrogens is 2. The fraction of sp³-hybridized carbons (Fsp3) is 0.158. The smallest absolute Gasteiger partial charge is 0.373 e. The van der Waals surface area contributed by atoms with Crippen molar-refractivity contribution in [2.75, 3.05) is 5.32 Å². The van der Waals surface area contributed by atoms with E-state index in [1.54, 1.807) is 18.2 Å². The second kappa shape index (κ2) is 8.01. The molecule has 0 aliphatic heterocycles. The number of aryl methyl sites for hydroxylation is 2. The Balaban J connectivity index is 1.94. The maximum atomic E-state index is 11.6. The van der Waals surface area contributed by atoms with Crippen LogP contribution >= 0.6 is 11.6 Å². The molecule has 8 heteroatoms. The molecule has 27 heavy (non-hydrogen) atoms. The highest BCUT2D eigenvalue weighted by Crippen LogP contribution is 2.36. The second-order valence-corrected chi connectivity index (χ2v) is 6.23. The van der Waals surface area contributed by atoms with Gasteiger partial charge in [0.05, 0.1) is 4.92 Å². The van der Waals surface area contributed by atoms with Crippen LogP contribution in [0.2, 0.25) is 5.02 Å². The topological polar surface area (TPSA) is 90.2 Å². The van der Waals surface area contributed by atoms with Crippen molar-refractivity contribution < 1.29 is 9.66 Å². The van der Waals surface area contributed by atoms with Crippen LogP contribution in [0.15, 0.2) is 48.8 Å². The van der Waals surface area contributed by atoms with E-state index in [1.165, 1.54) is 11.9 Å². The standard InChI is InChI=1S/C19H17ClN4O3/c1-3-13-4-6-14(7-5-13)23-18-17(24(25)26)19(22-11-21-18)27-15-8-9-16(20)12(2)10-15/h4-11H,3H2,1-2H3,(H,21,22,23). The van der Waals surface area contributed by atoms with Crippen molar-refractivity contribution in [2.24, 2.45) is 0 Å². The molecule has 3 rings (SSSR count). The molecule has 0 atom stereocenters. The molecule has 2 aromatic carbocycles. The number of ether oxygens (including phenoxy) is 1. The first-order valence-corrected chi connectivity index (χ1v) is 8.65. The molecule has 0 saturated carbocycles. The number of benzene rings is 2. The summed E-state index contributed by atoms with van der Waals surface area (Å²) in [7, 11) is 0. The monoisotopic (exact) mass is 384 g/mol. The quantitative estimate of drug-likeness (QED) is 0.449. The van der Waals surface area contributed by atoms with E-state index in [0.29, 0.717) is 16.5 Å². The molecule has 0 radical (unpaired) electrons. The summed E-state index contributed by atoms with van der Waals surface area (Å²) >= 11 is 6.00. The van der Waals surface area contributed by atoms with Crippen molar-refractivity contribution in [2.45, 2.75) is 20.3 Å². The molecule has 0 aliphatic rings. The zero-order chi connectivity index (χ0) is 19.4. The Morgan fingerprint density at radius 3 is 2.56 bits per heavy atom. The van der Waals surface area contributed by atoms with Gasteiger partial charge >= 0.3 is 11.6 Å². The van der Waals surface area contributed by atoms with Crippen LogP contribution in [-0.2, 0) is 6.42 Å². The van der Waals surface area contributed by atoms with E-state index in [9.17, 15) is 10.1 Å². The summed E-state index contributed by atoms with van der Waals surface area (Å²) in [6, 6.07) is 12.5. The van der Waals surface area contributed by atoms with Crippen LogP contribution in [0.4, 0.5) is 17.2 Å². The number of nitrogens with zero attached hydrogens (tertiary/aromatic N) is 3. The molecule has 0 fully saturated rings. The van der Waals surface area contributed by atoms with Gasteiger partial charge in [0.25, 0.3) is 0 Å². The van der Waals surface area contributed by atoms with Gasteiger partial charge in [-0.05, 0) is 54.8 Å². The van der Waals surface area contributed by atoms with Crippen molar-refractivity contribution in [1.82, 2.24) is 9.97 Å². The molecule has 0 spiro atoms. The number of nitro groups is 1. The normalized spacial score (nSPS) is 10.5. The predicted octanol–water partition coefficient (Wildman–Crippen LogP) is 5.44. The molecule has 1 aromatic heterocycles. The molecule has 0 unspecified atom stereocenters. The molecule has 0 amide bonds. The Morgan fingerprint density at radius 2 is 1.93 bits per heavy atom. The third-order valence-corrected chi connectivity index (χ3v) is 4.36. The van der Waals surface area contributed by atoms with Crippen LogP contribution in [-0.4, -0.2) is 14.9 Å². The summed E-state index contributed by atoms with van der Waals surface area (Å²) in [6.45, 7) is 3.87. The van der Waals surface area contributed by atoms with E-state index >= 15 is 0 Å². The summed E-state index contributed by atoms with van der Waals surface area (Å²) in [6.07, 6.45) is 2.13. The zero-order valence-electron chi connectivity index (χ0n) is 14.8. The van der Waals surface area contributed by atoms with Gasteiger partial charge in [-0.15, -0.1) is 0 Å². The van der Waals surface area contributed by atoms with Gasteiger partial charge in [0.1, 0.15) is 12.1 Å². The van der Waals surface area contributed by atoms with E-state index in [2.05, 4.69) is 22.2 Å². The SMILES string of the molecule is CCc1ccc(Nc2ncnc(Oc3ccc(Cl)c(C)c3)c2[N+](=O)[O-])cc1. The highest BCUT2D eigenvalue weighted by atomic mass is 35.5. The van der Waals surface area contributed by atoms with E-state index in [1.807, 2.05) is 31.2 Å². The van der Waals surface area contributed by atoms with Crippen molar-refractivity contribution in [3.05, 3.63) is 75.1 Å². The summed E-state index contributed by atoms with van der Waals surface area (Å²) in [5.74, 6) is 0.307. The van der Waals surface area contributed by atoms with Crippen LogP contribution in [0.25, 0.3) is 0 Å². The second-order valence-electron chi connectivity index (χ2n) is 5.82. The first-order chi connectivity index (χ1) is 13.0. The highest BCUT2D eigenvalue weighted by Gasteiger charge is 2.25. The molecule has 0 saturated heterocycles. The third kappa shape index (κ3) is 4.32. The Morgan fingerprint density at radius 1 is 1.19 bits per heavy atom. The van der Waals surface area contributed by atoms with Gasteiger partial charge in [0.2, 0.25) is 5.82 Å². The first kappa shape index (κ1) is 18.6. The van der Waals surface area contributed by atoms with Crippen LogP contribution in [0.1, 0.15) is 18.1 Å². The van der Waals surface area contributed by atoms with E-state index in [4.69, 9.17) is 16.3 Å². The lowest BCUT2D eigenvalue weighted by molar-refractivity contribution is -0.385. The van der Waals surface area contributed by atoms with Gasteiger partial charge in [-0.2, -0.15) is 4.98 Å². The fourth-order valence-electron chi connectivity index (χ4n) is 2.45. The first-order valence-electron chi connectivity index (χ1n) is 8.27. The van der Waals surface area contributed by atoms with Gasteiger partial charge in [-0.3, -0.25) is 10.1 Å². The zero-order valence-corrected chi connectivity index (χ0v) is 15.5. The summed E-state index contributed by atoms with van der Waals surface area (Å²) in [4.78, 5) is 19.0. The lowest BCUT2D eigenvalue weighted by Crippen LogP contribution is -2.03. The van der Waals surface area contributed by atoms with Crippen LogP contribution in [0, 0.1) is 17.0 Å². The number of rotatable bonds is 6. The Labute approximate surface area is 161 Å². The third-order valence-electron chi connectivity index (χ3n) is 3.94. The average Bonchev–Trinajstić information content (AvgIpc) is 2.65. The summed E-state index contributed by atoms with van der Waals surface area (Å²) in [5.41, 5.74) is 2.30. The van der Waals surface area contributed by atoms with Crippen molar-refractivity contribution >= 4 is 28.8 Å². The van der Waals surface area contributed by atoms with Crippen LogP contribution in [0.5, 0.6) is 11.6 Å². The molecule has 1 N–H and O–H groups in total. The highest BCUT2D eigenvalue weighted by molar-refractivity contribution is 6.31. The molecule has 0 bridgehead atoms. The Kier molecular flexibility index (Phi) is 5.52. The van der Waals surface area contributed by atoms with Crippen molar-refractivity contribution in [3.63, 3.8) is 0 Å². The average molecular weight is 385 g/mol. The van der Waals surface area contributed by atoms with Gasteiger partial charge in [0.15, 0.2) is 0 Å². The van der Waals surface area contributed by atoms with E-state index in [-0.39, 0.29) is 17.4 Å². The number of hydrogen-bond donors (Lipinski definition) is 1. The number of halogens is 1. The fourth-order valence-corrected chi connectivity index (χ4v) is 2.56. The maximum Gasteiger partial charge on any atom is 0.373 e. The largest absolute Gasteiger partial charge is 0.434 e. The Bertz CT molecular complexity index is 977. The minimum atomic E-state index is -0.569. The number of nitrogens with one attached hydrogen (secondary N) is 1. The predicted molar refractivity (Wildman–Crippen MR) is 104 cm³/mol. The van der Waals surface area contributed by atoms with Gasteiger partial charge in [-0.1, -0.05) is 30.7 Å². The lowest BCUT2D eigenvalue weighted by Gasteiger charge is -2.10. The van der Waals surface area contributed by atoms with Gasteiger partial charge < -0.3 is 10.1 Å². The molecule has 1 heterocycles.